The standard InChI is InChI=1S/C19H21F7/c1-2-3-9-4-5-11-8-12(10-6-13(20)16(23)14(21)7-10)17(24)19(11,26)18(25)15(9)22/h6-7,9,11-12,15,17-18H,2-5,8H2,1H3. The minimum Gasteiger partial charge on any atom is -0.244 e. The lowest BCUT2D eigenvalue weighted by Crippen LogP contribution is -2.50. The first-order valence-electron chi connectivity index (χ1n) is 8.97. The highest BCUT2D eigenvalue weighted by atomic mass is 19.2. The lowest BCUT2D eigenvalue weighted by atomic mass is 9.84. The summed E-state index contributed by atoms with van der Waals surface area (Å²) in [5.41, 5.74) is -3.32. The Morgan fingerprint density at radius 1 is 1.00 bits per heavy atom. The van der Waals surface area contributed by atoms with Crippen molar-refractivity contribution in [2.24, 2.45) is 11.8 Å². The summed E-state index contributed by atoms with van der Waals surface area (Å²) in [5.74, 6) is -7.84. The van der Waals surface area contributed by atoms with Gasteiger partial charge in [-0.1, -0.05) is 13.3 Å². The molecule has 2 fully saturated rings. The van der Waals surface area contributed by atoms with Gasteiger partial charge in [0.05, 0.1) is 0 Å². The second-order valence-electron chi connectivity index (χ2n) is 7.54. The normalized spacial score (nSPS) is 40.3. The van der Waals surface area contributed by atoms with E-state index < -0.39 is 59.4 Å². The Hall–Kier alpha value is -1.27. The van der Waals surface area contributed by atoms with Gasteiger partial charge >= 0.3 is 0 Å². The highest BCUT2D eigenvalue weighted by molar-refractivity contribution is 5.29. The van der Waals surface area contributed by atoms with Crippen molar-refractivity contribution < 1.29 is 30.7 Å². The molecule has 1 aromatic rings. The molecule has 0 heterocycles. The van der Waals surface area contributed by atoms with E-state index in [1.807, 2.05) is 6.92 Å². The Labute approximate surface area is 147 Å². The molecule has 1 aromatic carbocycles. The molecule has 0 aliphatic heterocycles. The topological polar surface area (TPSA) is 0 Å². The largest absolute Gasteiger partial charge is 0.244 e. The Bertz CT molecular complexity index is 640. The van der Waals surface area contributed by atoms with Crippen molar-refractivity contribution in [3.63, 3.8) is 0 Å². The monoisotopic (exact) mass is 382 g/mol. The van der Waals surface area contributed by atoms with E-state index >= 15 is 4.39 Å². The second kappa shape index (κ2) is 7.04. The van der Waals surface area contributed by atoms with E-state index in [9.17, 15) is 26.3 Å². The molecule has 0 saturated heterocycles. The van der Waals surface area contributed by atoms with Crippen LogP contribution in [0.1, 0.15) is 50.5 Å². The summed E-state index contributed by atoms with van der Waals surface area (Å²) in [6.07, 6.45) is -6.08. The van der Waals surface area contributed by atoms with Gasteiger partial charge in [-0.25, -0.2) is 30.7 Å². The van der Waals surface area contributed by atoms with E-state index in [2.05, 4.69) is 0 Å². The molecule has 2 aliphatic rings. The van der Waals surface area contributed by atoms with Crippen molar-refractivity contribution in [3.8, 4) is 0 Å². The second-order valence-corrected chi connectivity index (χ2v) is 7.54. The lowest BCUT2D eigenvalue weighted by Gasteiger charge is -2.32. The molecule has 146 valence electrons. The highest BCUT2D eigenvalue weighted by Gasteiger charge is 2.65. The molecule has 26 heavy (non-hydrogen) atoms. The van der Waals surface area contributed by atoms with E-state index in [4.69, 9.17) is 0 Å². The first-order valence-corrected chi connectivity index (χ1v) is 8.97. The van der Waals surface area contributed by atoms with Crippen molar-refractivity contribution in [2.45, 2.75) is 69.1 Å². The molecular weight excluding hydrogens is 361 g/mol. The van der Waals surface area contributed by atoms with E-state index in [1.165, 1.54) is 0 Å². The SMILES string of the molecule is CCCC1CCC2CC(c3cc(F)c(F)c(F)c3)C(F)C2(F)C(F)C1F. The fourth-order valence-corrected chi connectivity index (χ4v) is 4.68. The average molecular weight is 382 g/mol. The van der Waals surface area contributed by atoms with Crippen LogP contribution in [0.4, 0.5) is 30.7 Å². The third-order valence-electron chi connectivity index (χ3n) is 6.07. The van der Waals surface area contributed by atoms with Crippen LogP contribution >= 0.6 is 0 Å². The van der Waals surface area contributed by atoms with Gasteiger partial charge in [0.15, 0.2) is 29.3 Å². The van der Waals surface area contributed by atoms with Crippen molar-refractivity contribution in [1.82, 2.24) is 0 Å². The molecule has 7 heteroatoms. The smallest absolute Gasteiger partial charge is 0.194 e. The van der Waals surface area contributed by atoms with Gasteiger partial charge in [-0.2, -0.15) is 0 Å². The van der Waals surface area contributed by atoms with Crippen LogP contribution in [0.5, 0.6) is 0 Å². The predicted octanol–water partition coefficient (Wildman–Crippen LogP) is 6.14. The van der Waals surface area contributed by atoms with E-state index in [-0.39, 0.29) is 24.8 Å². The molecule has 0 spiro atoms. The molecule has 3 rings (SSSR count). The molecule has 7 unspecified atom stereocenters. The molecule has 0 radical (unpaired) electrons. The van der Waals surface area contributed by atoms with E-state index in [1.54, 1.807) is 0 Å². The maximum Gasteiger partial charge on any atom is 0.194 e. The van der Waals surface area contributed by atoms with Gasteiger partial charge in [0.25, 0.3) is 0 Å². The van der Waals surface area contributed by atoms with Crippen LogP contribution in [0.2, 0.25) is 0 Å². The number of alkyl halides is 4. The zero-order valence-electron chi connectivity index (χ0n) is 14.3. The van der Waals surface area contributed by atoms with Gasteiger partial charge < -0.3 is 0 Å². The highest BCUT2D eigenvalue weighted by Crippen LogP contribution is 2.57. The van der Waals surface area contributed by atoms with Crippen LogP contribution in [0.25, 0.3) is 0 Å². The van der Waals surface area contributed by atoms with Crippen LogP contribution < -0.4 is 0 Å². The maximum atomic E-state index is 15.4. The van der Waals surface area contributed by atoms with Gasteiger partial charge in [-0.3, -0.25) is 0 Å². The third kappa shape index (κ3) is 2.91. The predicted molar refractivity (Wildman–Crippen MR) is 83.3 cm³/mol. The molecule has 0 amide bonds. The molecule has 0 N–H and O–H groups in total. The summed E-state index contributed by atoms with van der Waals surface area (Å²) < 4.78 is 99.6. The number of hydrogen-bond acceptors (Lipinski definition) is 0. The molecule has 7 atom stereocenters. The fraction of sp³-hybridized carbons (Fsp3) is 0.684. The molecule has 2 aliphatic carbocycles. The first kappa shape index (κ1) is 19.5. The van der Waals surface area contributed by atoms with Gasteiger partial charge in [0.1, 0.15) is 12.3 Å². The van der Waals surface area contributed by atoms with Crippen molar-refractivity contribution >= 4 is 0 Å². The number of hydrogen-bond donors (Lipinski definition) is 0. The number of rotatable bonds is 3. The number of benzene rings is 1. The lowest BCUT2D eigenvalue weighted by molar-refractivity contribution is -0.0673. The van der Waals surface area contributed by atoms with E-state index in [0.29, 0.717) is 25.0 Å². The van der Waals surface area contributed by atoms with Gasteiger partial charge in [0, 0.05) is 5.92 Å². The summed E-state index contributed by atoms with van der Waals surface area (Å²) in [4.78, 5) is 0. The fourth-order valence-electron chi connectivity index (χ4n) is 4.68. The first-order chi connectivity index (χ1) is 12.2. The maximum absolute atomic E-state index is 15.4. The molecular formula is C19H21F7. The molecule has 0 nitrogen and oxygen atoms in total. The van der Waals surface area contributed by atoms with Crippen molar-refractivity contribution in [1.29, 1.82) is 0 Å². The molecule has 0 aromatic heterocycles. The summed E-state index contributed by atoms with van der Waals surface area (Å²) in [6, 6.07) is 1.20. The van der Waals surface area contributed by atoms with Crippen molar-refractivity contribution in [3.05, 3.63) is 35.1 Å². The zero-order chi connectivity index (χ0) is 19.2. The Morgan fingerprint density at radius 3 is 2.19 bits per heavy atom. The minimum absolute atomic E-state index is 0.102. The Morgan fingerprint density at radius 2 is 1.62 bits per heavy atom. The zero-order valence-corrected chi connectivity index (χ0v) is 14.3. The van der Waals surface area contributed by atoms with Gasteiger partial charge in [-0.15, -0.1) is 0 Å². The summed E-state index contributed by atoms with van der Waals surface area (Å²) >= 11 is 0. The quantitative estimate of drug-likeness (QED) is 0.435. The Kier molecular flexibility index (Phi) is 5.28. The molecule has 2 saturated carbocycles. The Balaban J connectivity index is 1.93. The van der Waals surface area contributed by atoms with Crippen LogP contribution in [0, 0.1) is 29.3 Å². The average Bonchev–Trinajstić information content (AvgIpc) is 2.82. The van der Waals surface area contributed by atoms with E-state index in [0.717, 1.165) is 0 Å². The number of fused-ring (bicyclic) bond motifs is 1. The number of halogens is 7. The summed E-state index contributed by atoms with van der Waals surface area (Å²) in [6.45, 7) is 1.81. The van der Waals surface area contributed by atoms with Gasteiger partial charge in [0.2, 0.25) is 0 Å². The van der Waals surface area contributed by atoms with Crippen LogP contribution in [0.15, 0.2) is 12.1 Å². The summed E-state index contributed by atoms with van der Waals surface area (Å²) in [7, 11) is 0. The van der Waals surface area contributed by atoms with Gasteiger partial charge in [-0.05, 0) is 55.2 Å². The molecule has 0 bridgehead atoms. The summed E-state index contributed by atoms with van der Waals surface area (Å²) in [5, 5.41) is 0. The minimum atomic E-state index is -3.05. The van der Waals surface area contributed by atoms with Crippen LogP contribution in [-0.2, 0) is 0 Å². The van der Waals surface area contributed by atoms with Crippen LogP contribution in [-0.4, -0.2) is 24.2 Å². The third-order valence-corrected chi connectivity index (χ3v) is 6.07. The van der Waals surface area contributed by atoms with Crippen LogP contribution in [0.3, 0.4) is 0 Å². The van der Waals surface area contributed by atoms with Crippen molar-refractivity contribution in [2.75, 3.05) is 0 Å².